The van der Waals surface area contributed by atoms with Gasteiger partial charge in [0.1, 0.15) is 0 Å². The van der Waals surface area contributed by atoms with Gasteiger partial charge in [-0.1, -0.05) is 30.3 Å². The number of nitrogens with one attached hydrogen (secondary N) is 1. The SMILES string of the molecule is CCOc1ccc(C(=O)NCC(c2ccc(N(C)C)cc2)N2CCN(c3ccccc3)CC2)cc1OCC. The van der Waals surface area contributed by atoms with Crippen molar-refractivity contribution in [1.82, 2.24) is 10.2 Å². The molecule has 7 nitrogen and oxygen atoms in total. The summed E-state index contributed by atoms with van der Waals surface area (Å²) in [4.78, 5) is 20.2. The van der Waals surface area contributed by atoms with Crippen molar-refractivity contribution < 1.29 is 14.3 Å². The highest BCUT2D eigenvalue weighted by molar-refractivity contribution is 5.94. The van der Waals surface area contributed by atoms with Crippen molar-refractivity contribution in [2.45, 2.75) is 19.9 Å². The van der Waals surface area contributed by atoms with Gasteiger partial charge in [0.15, 0.2) is 11.5 Å². The number of benzene rings is 3. The summed E-state index contributed by atoms with van der Waals surface area (Å²) in [6, 6.07) is 24.7. The first-order valence-electron chi connectivity index (χ1n) is 13.5. The minimum atomic E-state index is -0.119. The second-order valence-electron chi connectivity index (χ2n) is 9.60. The lowest BCUT2D eigenvalue weighted by Crippen LogP contribution is -2.50. The Bertz CT molecular complexity index is 1160. The summed E-state index contributed by atoms with van der Waals surface area (Å²) in [5.74, 6) is 1.13. The van der Waals surface area contributed by atoms with Crippen molar-refractivity contribution in [1.29, 1.82) is 0 Å². The van der Waals surface area contributed by atoms with Gasteiger partial charge in [-0.2, -0.15) is 0 Å². The molecule has 38 heavy (non-hydrogen) atoms. The highest BCUT2D eigenvalue weighted by atomic mass is 16.5. The summed E-state index contributed by atoms with van der Waals surface area (Å²) in [5.41, 5.74) is 4.18. The van der Waals surface area contributed by atoms with Gasteiger partial charge < -0.3 is 24.6 Å². The molecule has 0 aliphatic carbocycles. The lowest BCUT2D eigenvalue weighted by Gasteiger charge is -2.40. The number of carbonyl (C=O) groups is 1. The zero-order chi connectivity index (χ0) is 26.9. The number of ether oxygens (including phenoxy) is 2. The van der Waals surface area contributed by atoms with Crippen LogP contribution in [0.1, 0.15) is 35.8 Å². The molecule has 0 bridgehead atoms. The van der Waals surface area contributed by atoms with E-state index in [0.717, 1.165) is 31.9 Å². The third kappa shape index (κ3) is 6.78. The Labute approximate surface area is 227 Å². The molecule has 0 spiro atoms. The highest BCUT2D eigenvalue weighted by Gasteiger charge is 2.26. The minimum absolute atomic E-state index is 0.0714. The van der Waals surface area contributed by atoms with E-state index < -0.39 is 0 Å². The molecule has 1 aliphatic rings. The predicted molar refractivity (Wildman–Crippen MR) is 155 cm³/mol. The Morgan fingerprint density at radius 1 is 0.868 bits per heavy atom. The van der Waals surface area contributed by atoms with Crippen LogP contribution in [-0.2, 0) is 0 Å². The number of hydrogen-bond donors (Lipinski definition) is 1. The molecule has 0 radical (unpaired) electrons. The number of para-hydroxylation sites is 1. The van der Waals surface area contributed by atoms with Gasteiger partial charge in [-0.05, 0) is 61.9 Å². The Kier molecular flexibility index (Phi) is 9.49. The van der Waals surface area contributed by atoms with Crippen molar-refractivity contribution in [2.24, 2.45) is 0 Å². The molecule has 1 unspecified atom stereocenters. The number of hydrogen-bond acceptors (Lipinski definition) is 6. The van der Waals surface area contributed by atoms with Crippen LogP contribution in [-0.4, -0.2) is 70.8 Å². The van der Waals surface area contributed by atoms with E-state index in [9.17, 15) is 4.79 Å². The fraction of sp³-hybridized carbons (Fsp3) is 0.387. The van der Waals surface area contributed by atoms with E-state index in [-0.39, 0.29) is 11.9 Å². The van der Waals surface area contributed by atoms with Gasteiger partial charge in [-0.3, -0.25) is 9.69 Å². The first kappa shape index (κ1) is 27.3. The van der Waals surface area contributed by atoms with Crippen LogP contribution in [0.2, 0.25) is 0 Å². The number of piperazine rings is 1. The van der Waals surface area contributed by atoms with Crippen LogP contribution in [0.3, 0.4) is 0 Å². The second kappa shape index (κ2) is 13.2. The van der Waals surface area contributed by atoms with Gasteiger partial charge in [-0.25, -0.2) is 0 Å². The molecule has 7 heteroatoms. The molecule has 1 atom stereocenters. The van der Waals surface area contributed by atoms with E-state index in [1.165, 1.54) is 11.3 Å². The fourth-order valence-electron chi connectivity index (χ4n) is 4.87. The lowest BCUT2D eigenvalue weighted by molar-refractivity contribution is 0.0929. The van der Waals surface area contributed by atoms with Crippen LogP contribution in [0.5, 0.6) is 11.5 Å². The number of anilines is 2. The largest absolute Gasteiger partial charge is 0.490 e. The zero-order valence-corrected chi connectivity index (χ0v) is 23.0. The van der Waals surface area contributed by atoms with Crippen LogP contribution in [0.4, 0.5) is 11.4 Å². The summed E-state index contributed by atoms with van der Waals surface area (Å²) < 4.78 is 11.4. The van der Waals surface area contributed by atoms with Crippen molar-refractivity contribution in [3.05, 3.63) is 83.9 Å². The predicted octanol–water partition coefficient (Wildman–Crippen LogP) is 4.84. The summed E-state index contributed by atoms with van der Waals surface area (Å²) in [6.45, 7) is 9.14. The molecular formula is C31H40N4O3. The molecule has 1 fully saturated rings. The Morgan fingerprint density at radius 2 is 1.53 bits per heavy atom. The fourth-order valence-corrected chi connectivity index (χ4v) is 4.87. The molecule has 202 valence electrons. The maximum atomic E-state index is 13.2. The van der Waals surface area contributed by atoms with Gasteiger partial charge in [0.2, 0.25) is 0 Å². The number of amides is 1. The van der Waals surface area contributed by atoms with Crippen LogP contribution in [0, 0.1) is 0 Å². The average molecular weight is 517 g/mol. The number of rotatable bonds is 11. The van der Waals surface area contributed by atoms with Gasteiger partial charge >= 0.3 is 0 Å². The summed E-state index contributed by atoms with van der Waals surface area (Å²) >= 11 is 0. The van der Waals surface area contributed by atoms with Crippen molar-refractivity contribution >= 4 is 17.3 Å². The van der Waals surface area contributed by atoms with E-state index >= 15 is 0 Å². The molecule has 0 saturated carbocycles. The lowest BCUT2D eigenvalue weighted by atomic mass is 10.0. The van der Waals surface area contributed by atoms with Crippen LogP contribution in [0.25, 0.3) is 0 Å². The molecule has 1 saturated heterocycles. The number of nitrogens with zero attached hydrogens (tertiary/aromatic N) is 3. The molecule has 1 N–H and O–H groups in total. The normalized spacial score (nSPS) is 14.6. The summed E-state index contributed by atoms with van der Waals surface area (Å²) in [5, 5.41) is 3.19. The van der Waals surface area contributed by atoms with Gasteiger partial charge in [0, 0.05) is 63.8 Å². The first-order valence-corrected chi connectivity index (χ1v) is 13.5. The molecule has 1 heterocycles. The Hall–Kier alpha value is -3.71. The number of carbonyl (C=O) groups excluding carboxylic acids is 1. The van der Waals surface area contributed by atoms with Gasteiger partial charge in [0.05, 0.1) is 19.3 Å². The smallest absolute Gasteiger partial charge is 0.251 e. The summed E-state index contributed by atoms with van der Waals surface area (Å²) in [7, 11) is 4.09. The quantitative estimate of drug-likeness (QED) is 0.394. The topological polar surface area (TPSA) is 57.3 Å². The Balaban J connectivity index is 1.49. The van der Waals surface area contributed by atoms with Crippen molar-refractivity contribution in [3.8, 4) is 11.5 Å². The van der Waals surface area contributed by atoms with Gasteiger partial charge in [-0.15, -0.1) is 0 Å². The van der Waals surface area contributed by atoms with Crippen LogP contribution < -0.4 is 24.6 Å². The maximum absolute atomic E-state index is 13.2. The van der Waals surface area contributed by atoms with E-state index in [4.69, 9.17) is 9.47 Å². The zero-order valence-electron chi connectivity index (χ0n) is 23.0. The third-order valence-electron chi connectivity index (χ3n) is 6.93. The molecule has 1 amide bonds. The molecule has 3 aromatic carbocycles. The van der Waals surface area contributed by atoms with Gasteiger partial charge in [0.25, 0.3) is 5.91 Å². The third-order valence-corrected chi connectivity index (χ3v) is 6.93. The minimum Gasteiger partial charge on any atom is -0.490 e. The van der Waals surface area contributed by atoms with E-state index in [2.05, 4.69) is 74.6 Å². The highest BCUT2D eigenvalue weighted by Crippen LogP contribution is 2.29. The molecule has 4 rings (SSSR count). The monoisotopic (exact) mass is 516 g/mol. The standard InChI is InChI=1S/C31H40N4O3/c1-5-37-29-17-14-25(22-30(29)38-6-2)31(36)32-23-28(24-12-15-26(16-13-24)33(3)4)35-20-18-34(19-21-35)27-10-8-7-9-11-27/h7-17,22,28H,5-6,18-21,23H2,1-4H3,(H,32,36). The van der Waals surface area contributed by atoms with Crippen LogP contribution in [0.15, 0.2) is 72.8 Å². The second-order valence-corrected chi connectivity index (χ2v) is 9.60. The Morgan fingerprint density at radius 3 is 2.16 bits per heavy atom. The van der Waals surface area contributed by atoms with E-state index in [1.54, 1.807) is 12.1 Å². The average Bonchev–Trinajstić information content (AvgIpc) is 2.95. The van der Waals surface area contributed by atoms with Crippen molar-refractivity contribution in [3.63, 3.8) is 0 Å². The molecule has 0 aromatic heterocycles. The molecular weight excluding hydrogens is 476 g/mol. The first-order chi connectivity index (χ1) is 18.5. The van der Waals surface area contributed by atoms with E-state index in [1.807, 2.05) is 34.0 Å². The molecule has 1 aliphatic heterocycles. The maximum Gasteiger partial charge on any atom is 0.251 e. The van der Waals surface area contributed by atoms with Crippen molar-refractivity contribution in [2.75, 3.05) is 69.8 Å². The molecule has 3 aromatic rings. The van der Waals surface area contributed by atoms with E-state index in [0.29, 0.717) is 36.8 Å². The summed E-state index contributed by atoms with van der Waals surface area (Å²) in [6.07, 6.45) is 0. The van der Waals surface area contributed by atoms with Crippen LogP contribution >= 0.6 is 0 Å².